The highest BCUT2D eigenvalue weighted by molar-refractivity contribution is 5.99. The van der Waals surface area contributed by atoms with Gasteiger partial charge < -0.3 is 24.3 Å². The summed E-state index contributed by atoms with van der Waals surface area (Å²) >= 11 is 0. The lowest BCUT2D eigenvalue weighted by Crippen LogP contribution is -2.33. The van der Waals surface area contributed by atoms with E-state index in [1.807, 2.05) is 60.3 Å². The number of nitrogens with one attached hydrogen (secondary N) is 1. The summed E-state index contributed by atoms with van der Waals surface area (Å²) in [6, 6.07) is 7.57. The van der Waals surface area contributed by atoms with Gasteiger partial charge in [0.25, 0.3) is 0 Å². The van der Waals surface area contributed by atoms with E-state index in [2.05, 4.69) is 38.2 Å². The van der Waals surface area contributed by atoms with Gasteiger partial charge in [0.1, 0.15) is 0 Å². The van der Waals surface area contributed by atoms with Gasteiger partial charge in [-0.15, -0.1) is 0 Å². The second-order valence-electron chi connectivity index (χ2n) is 11.9. The maximum atomic E-state index is 12.4. The summed E-state index contributed by atoms with van der Waals surface area (Å²) in [5.74, 6) is 0.806. The number of pyridine rings is 1. The molecule has 3 aromatic rings. The van der Waals surface area contributed by atoms with Gasteiger partial charge in [-0.2, -0.15) is 0 Å². The van der Waals surface area contributed by atoms with Gasteiger partial charge in [0.2, 0.25) is 17.9 Å². The molecule has 1 amide bonds. The monoisotopic (exact) mass is 581 g/mol. The first-order valence-electron chi connectivity index (χ1n) is 14.9. The molecule has 0 bridgehead atoms. The molecule has 1 aliphatic carbocycles. The number of ether oxygens (including phenoxy) is 2. The first kappa shape index (κ1) is 30.1. The summed E-state index contributed by atoms with van der Waals surface area (Å²) in [6.07, 6.45) is 21.9. The van der Waals surface area contributed by atoms with E-state index in [-0.39, 0.29) is 11.3 Å². The van der Waals surface area contributed by atoms with Crippen LogP contribution in [0.4, 0.5) is 5.69 Å². The van der Waals surface area contributed by atoms with Crippen LogP contribution in [0.15, 0.2) is 101 Å². The fourth-order valence-corrected chi connectivity index (χ4v) is 5.67. The van der Waals surface area contributed by atoms with Crippen molar-refractivity contribution in [1.82, 2.24) is 0 Å². The number of allylic oxidation sites excluding steroid dienone is 7. The average molecular weight is 582 g/mol. The topological polar surface area (TPSA) is 84.8 Å². The molecule has 0 radical (unpaired) electrons. The van der Waals surface area contributed by atoms with Crippen molar-refractivity contribution in [1.29, 1.82) is 0 Å². The van der Waals surface area contributed by atoms with Crippen molar-refractivity contribution in [3.63, 3.8) is 0 Å². The Morgan fingerprint density at radius 2 is 2.05 bits per heavy atom. The zero-order valence-electron chi connectivity index (χ0n) is 25.4. The van der Waals surface area contributed by atoms with Crippen molar-refractivity contribution in [3.8, 4) is 11.5 Å². The number of amides is 1. The molecule has 2 aromatic heterocycles. The van der Waals surface area contributed by atoms with Gasteiger partial charge in [0.05, 0.1) is 18.6 Å². The van der Waals surface area contributed by atoms with Gasteiger partial charge in [-0.1, -0.05) is 49.3 Å². The summed E-state index contributed by atoms with van der Waals surface area (Å²) in [7, 11) is 0. The number of aryl methyl sites for hydroxylation is 1. The Labute approximate surface area is 253 Å². The molecule has 2 N–H and O–H groups in total. The number of carbonyl (C=O) groups is 1. The lowest BCUT2D eigenvalue weighted by Gasteiger charge is -2.32. The lowest BCUT2D eigenvalue weighted by molar-refractivity contribution is -0.697. The number of hydrogen-bond acceptors (Lipinski definition) is 5. The van der Waals surface area contributed by atoms with Crippen molar-refractivity contribution in [2.75, 3.05) is 11.9 Å². The molecule has 7 heteroatoms. The summed E-state index contributed by atoms with van der Waals surface area (Å²) in [5, 5.41) is 13.7. The van der Waals surface area contributed by atoms with Crippen LogP contribution in [0.1, 0.15) is 58.9 Å². The molecule has 43 heavy (non-hydrogen) atoms. The van der Waals surface area contributed by atoms with E-state index in [4.69, 9.17) is 13.9 Å². The molecular weight excluding hydrogens is 540 g/mol. The number of furan rings is 1. The van der Waals surface area contributed by atoms with Crippen LogP contribution in [0.25, 0.3) is 17.0 Å². The van der Waals surface area contributed by atoms with Gasteiger partial charge in [0.15, 0.2) is 30.3 Å². The number of carbonyl (C=O) groups excluding carboxylic acids is 1. The fraction of sp³-hybridized carbons (Fsp3) is 0.333. The van der Waals surface area contributed by atoms with E-state index in [0.717, 1.165) is 35.2 Å². The number of hydrogen-bond donors (Lipinski definition) is 2. The van der Waals surface area contributed by atoms with Crippen LogP contribution in [0.2, 0.25) is 0 Å². The number of aromatic nitrogens is 1. The number of rotatable bonds is 10. The molecule has 1 aromatic carbocycles. The predicted octanol–water partition coefficient (Wildman–Crippen LogP) is 7.44. The summed E-state index contributed by atoms with van der Waals surface area (Å²) < 4.78 is 19.4. The summed E-state index contributed by atoms with van der Waals surface area (Å²) in [6.45, 7) is 10.1. The summed E-state index contributed by atoms with van der Waals surface area (Å²) in [4.78, 5) is 12.4. The Balaban J connectivity index is 1.09. The van der Waals surface area contributed by atoms with E-state index in [1.54, 1.807) is 24.5 Å². The zero-order valence-corrected chi connectivity index (χ0v) is 25.4. The molecular formula is C36H41N2O5+. The van der Waals surface area contributed by atoms with Crippen molar-refractivity contribution >= 4 is 28.6 Å². The SMILES string of the molecule is CC(C=CC1=C(C)CCCC1(C)C)=CC=CC(=O)Nc1cc[n+](CCCOc2c3c(cc4ccoc24)C=CC(O)O3)cc1. The first-order valence-corrected chi connectivity index (χ1v) is 14.9. The lowest BCUT2D eigenvalue weighted by atomic mass is 9.72. The third kappa shape index (κ3) is 7.54. The Morgan fingerprint density at radius 3 is 2.84 bits per heavy atom. The van der Waals surface area contributed by atoms with Crippen molar-refractivity contribution in [2.24, 2.45) is 5.41 Å². The maximum Gasteiger partial charge on any atom is 0.248 e. The Bertz CT molecular complexity index is 1620. The molecule has 7 nitrogen and oxygen atoms in total. The van der Waals surface area contributed by atoms with Gasteiger partial charge >= 0.3 is 0 Å². The Hall–Kier alpha value is -4.36. The molecule has 2 aliphatic rings. The van der Waals surface area contributed by atoms with Crippen molar-refractivity contribution in [2.45, 2.75) is 66.2 Å². The number of fused-ring (bicyclic) bond motifs is 2. The molecule has 1 aliphatic heterocycles. The van der Waals surface area contributed by atoms with E-state index in [1.165, 1.54) is 30.4 Å². The Morgan fingerprint density at radius 1 is 1.23 bits per heavy atom. The molecule has 5 rings (SSSR count). The van der Waals surface area contributed by atoms with Crippen LogP contribution in [0.5, 0.6) is 11.5 Å². The highest BCUT2D eigenvalue weighted by Crippen LogP contribution is 2.43. The first-order chi connectivity index (χ1) is 20.7. The van der Waals surface area contributed by atoms with Gasteiger partial charge in [0, 0.05) is 35.6 Å². The van der Waals surface area contributed by atoms with E-state index in [0.29, 0.717) is 23.7 Å². The molecule has 224 valence electrons. The number of benzene rings is 1. The molecule has 0 spiro atoms. The van der Waals surface area contributed by atoms with Gasteiger partial charge in [-0.3, -0.25) is 4.79 Å². The van der Waals surface area contributed by atoms with Crippen molar-refractivity contribution in [3.05, 3.63) is 102 Å². The number of aliphatic hydroxyl groups excluding tert-OH is 1. The fourth-order valence-electron chi connectivity index (χ4n) is 5.67. The zero-order chi connectivity index (χ0) is 30.4. The molecule has 0 fully saturated rings. The minimum atomic E-state index is -1.02. The van der Waals surface area contributed by atoms with Crippen LogP contribution in [-0.2, 0) is 11.3 Å². The second-order valence-corrected chi connectivity index (χ2v) is 11.9. The third-order valence-electron chi connectivity index (χ3n) is 7.99. The van der Waals surface area contributed by atoms with Crippen LogP contribution in [0, 0.1) is 5.41 Å². The maximum absolute atomic E-state index is 12.4. The number of aliphatic hydroxyl groups is 1. The minimum absolute atomic E-state index is 0.177. The van der Waals surface area contributed by atoms with E-state index < -0.39 is 6.29 Å². The number of nitrogens with zero attached hydrogens (tertiary/aromatic N) is 1. The average Bonchev–Trinajstić information content (AvgIpc) is 3.43. The van der Waals surface area contributed by atoms with Crippen LogP contribution in [-0.4, -0.2) is 23.9 Å². The normalized spacial score (nSPS) is 18.3. The molecule has 0 saturated heterocycles. The number of anilines is 1. The summed E-state index contributed by atoms with van der Waals surface area (Å²) in [5.41, 5.74) is 6.38. The second kappa shape index (κ2) is 13.3. The molecule has 0 saturated carbocycles. The highest BCUT2D eigenvalue weighted by atomic mass is 16.6. The quantitative estimate of drug-likeness (QED) is 0.113. The largest absolute Gasteiger partial charge is 0.486 e. The van der Waals surface area contributed by atoms with Crippen LogP contribution in [0.3, 0.4) is 0 Å². The minimum Gasteiger partial charge on any atom is -0.486 e. The van der Waals surface area contributed by atoms with E-state index in [9.17, 15) is 9.90 Å². The Kier molecular flexibility index (Phi) is 9.31. The predicted molar refractivity (Wildman–Crippen MR) is 170 cm³/mol. The van der Waals surface area contributed by atoms with Gasteiger partial charge in [-0.05, 0) is 68.4 Å². The third-order valence-corrected chi connectivity index (χ3v) is 7.99. The molecule has 1 atom stereocenters. The van der Waals surface area contributed by atoms with E-state index >= 15 is 0 Å². The highest BCUT2D eigenvalue weighted by Gasteiger charge is 2.26. The van der Waals surface area contributed by atoms with Crippen molar-refractivity contribution < 1.29 is 28.4 Å². The van der Waals surface area contributed by atoms with Crippen LogP contribution < -0.4 is 19.4 Å². The van der Waals surface area contributed by atoms with Crippen LogP contribution >= 0.6 is 0 Å². The molecule has 1 unspecified atom stereocenters. The van der Waals surface area contributed by atoms with Gasteiger partial charge in [-0.25, -0.2) is 4.57 Å². The standard InChI is InChI=1S/C36H40N2O5/c1-25(11-13-30-26(2)9-6-18-36(30,3)4)8-5-10-31(39)37-29-15-20-38(21-16-29)19-7-22-41-35-33-28(17-23-42-33)24-27-12-14-32(40)43-34(27)35/h5,8,10-17,20-21,23-24,32,40H,6-7,9,18-19,22H2,1-4H3/p+1. The molecule has 3 heterocycles. The smallest absolute Gasteiger partial charge is 0.248 e.